The Bertz CT molecular complexity index is 469. The zero-order chi connectivity index (χ0) is 12.5. The van der Waals surface area contributed by atoms with E-state index in [1.807, 2.05) is 13.2 Å². The van der Waals surface area contributed by atoms with Crippen LogP contribution in [-0.2, 0) is 9.84 Å². The second-order valence-electron chi connectivity index (χ2n) is 4.19. The van der Waals surface area contributed by atoms with E-state index in [0.29, 0.717) is 13.1 Å². The highest BCUT2D eigenvalue weighted by molar-refractivity contribution is 7.91. The smallest absolute Gasteiger partial charge is 0.185 e. The van der Waals surface area contributed by atoms with Crippen LogP contribution in [0.5, 0.6) is 0 Å². The number of nitrogens with zero attached hydrogens (tertiary/aromatic N) is 2. The number of aromatic nitrogens is 1. The number of anilines is 1. The molecule has 0 saturated carbocycles. The van der Waals surface area contributed by atoms with Crippen LogP contribution in [0.1, 0.15) is 17.8 Å². The van der Waals surface area contributed by atoms with Crippen molar-refractivity contribution < 1.29 is 8.42 Å². The molecule has 1 aliphatic rings. The Morgan fingerprint density at radius 3 is 2.71 bits per heavy atom. The molecule has 1 fully saturated rings. The summed E-state index contributed by atoms with van der Waals surface area (Å²) in [5.41, 5.74) is 0. The molecule has 0 radical (unpaired) electrons. The van der Waals surface area contributed by atoms with Crippen LogP contribution >= 0.6 is 11.3 Å². The third-order valence-corrected chi connectivity index (χ3v) is 5.84. The number of rotatable bonds is 3. The summed E-state index contributed by atoms with van der Waals surface area (Å²) in [6, 6.07) is 0.287. The van der Waals surface area contributed by atoms with Gasteiger partial charge in [0.2, 0.25) is 0 Å². The maximum Gasteiger partial charge on any atom is 0.185 e. The van der Waals surface area contributed by atoms with Crippen LogP contribution in [0.4, 0.5) is 5.13 Å². The van der Waals surface area contributed by atoms with Crippen molar-refractivity contribution in [3.8, 4) is 0 Å². The number of sulfone groups is 1. The molecule has 17 heavy (non-hydrogen) atoms. The van der Waals surface area contributed by atoms with Gasteiger partial charge in [-0.05, 0) is 14.0 Å². The van der Waals surface area contributed by atoms with Gasteiger partial charge < -0.3 is 10.2 Å². The molecule has 1 atom stereocenters. The Kier molecular flexibility index (Phi) is 3.70. The number of hydrogen-bond donors (Lipinski definition) is 1. The van der Waals surface area contributed by atoms with Crippen LogP contribution < -0.4 is 10.2 Å². The molecular formula is C10H17N3O2S2. The van der Waals surface area contributed by atoms with Gasteiger partial charge >= 0.3 is 0 Å². The van der Waals surface area contributed by atoms with Crippen molar-refractivity contribution in [2.45, 2.75) is 13.0 Å². The first-order chi connectivity index (χ1) is 8.02. The lowest BCUT2D eigenvalue weighted by Crippen LogP contribution is -2.40. The molecule has 96 valence electrons. The maximum absolute atomic E-state index is 11.3. The van der Waals surface area contributed by atoms with Crippen molar-refractivity contribution in [1.82, 2.24) is 10.3 Å². The Morgan fingerprint density at radius 2 is 2.12 bits per heavy atom. The van der Waals surface area contributed by atoms with Crippen molar-refractivity contribution in [3.63, 3.8) is 0 Å². The van der Waals surface area contributed by atoms with Gasteiger partial charge in [-0.2, -0.15) is 0 Å². The van der Waals surface area contributed by atoms with Crippen LogP contribution in [0.2, 0.25) is 0 Å². The lowest BCUT2D eigenvalue weighted by Gasteiger charge is -2.25. The third kappa shape index (κ3) is 2.97. The van der Waals surface area contributed by atoms with Crippen LogP contribution in [0.3, 0.4) is 0 Å². The van der Waals surface area contributed by atoms with Gasteiger partial charge in [0.05, 0.1) is 11.5 Å². The second kappa shape index (κ2) is 4.91. The van der Waals surface area contributed by atoms with Gasteiger partial charge in [0.15, 0.2) is 15.0 Å². The topological polar surface area (TPSA) is 62.3 Å². The molecule has 0 amide bonds. The van der Waals surface area contributed by atoms with E-state index in [0.717, 1.165) is 5.13 Å². The molecule has 2 heterocycles. The summed E-state index contributed by atoms with van der Waals surface area (Å²) in [5, 5.41) is 4.09. The first-order valence-corrected chi connectivity index (χ1v) is 8.24. The summed E-state index contributed by atoms with van der Waals surface area (Å²) in [7, 11) is -0.901. The lowest BCUT2D eigenvalue weighted by atomic mass is 10.3. The zero-order valence-electron chi connectivity index (χ0n) is 10.0. The fourth-order valence-corrected chi connectivity index (χ4v) is 3.90. The molecule has 1 unspecified atom stereocenters. The molecule has 2 rings (SSSR count). The van der Waals surface area contributed by atoms with Crippen LogP contribution in [-0.4, -0.2) is 45.0 Å². The van der Waals surface area contributed by atoms with E-state index in [-0.39, 0.29) is 17.5 Å². The second-order valence-corrected chi connectivity index (χ2v) is 7.54. The molecule has 1 saturated heterocycles. The minimum absolute atomic E-state index is 0.240. The molecule has 0 bridgehead atoms. The lowest BCUT2D eigenvalue weighted by molar-refractivity contribution is 0.586. The van der Waals surface area contributed by atoms with Crippen LogP contribution in [0.25, 0.3) is 0 Å². The quantitative estimate of drug-likeness (QED) is 0.878. The van der Waals surface area contributed by atoms with Gasteiger partial charge in [-0.15, -0.1) is 11.3 Å². The average Bonchev–Trinajstić information content (AvgIpc) is 2.77. The minimum Gasteiger partial charge on any atom is -0.346 e. The Morgan fingerprint density at radius 1 is 1.47 bits per heavy atom. The van der Waals surface area contributed by atoms with Crippen molar-refractivity contribution >= 4 is 26.3 Å². The molecule has 0 aliphatic carbocycles. The summed E-state index contributed by atoms with van der Waals surface area (Å²) in [6.45, 7) is 3.20. The third-order valence-electron chi connectivity index (χ3n) is 2.99. The summed E-state index contributed by atoms with van der Waals surface area (Å²) < 4.78 is 22.7. The SMILES string of the molecule is CNC(C)c1cnc(N2CCS(=O)(=O)CC2)s1. The van der Waals surface area contributed by atoms with Crippen molar-refractivity contribution in [2.24, 2.45) is 0 Å². The summed E-state index contributed by atoms with van der Waals surface area (Å²) in [5.74, 6) is 0.479. The Hall–Kier alpha value is -0.660. The molecule has 7 heteroatoms. The van der Waals surface area contributed by atoms with E-state index in [9.17, 15) is 8.42 Å². The monoisotopic (exact) mass is 275 g/mol. The molecule has 1 N–H and O–H groups in total. The van der Waals surface area contributed by atoms with E-state index in [2.05, 4.69) is 22.1 Å². The number of hydrogen-bond acceptors (Lipinski definition) is 6. The standard InChI is InChI=1S/C10H17N3O2S2/c1-8(11-2)9-7-12-10(16-9)13-3-5-17(14,15)6-4-13/h7-8,11H,3-6H2,1-2H3. The van der Waals surface area contributed by atoms with Crippen molar-refractivity contribution in [1.29, 1.82) is 0 Å². The first kappa shape index (κ1) is 12.8. The van der Waals surface area contributed by atoms with Gasteiger partial charge in [0.25, 0.3) is 0 Å². The van der Waals surface area contributed by atoms with E-state index >= 15 is 0 Å². The predicted molar refractivity (Wildman–Crippen MR) is 70.5 cm³/mol. The van der Waals surface area contributed by atoms with Crippen molar-refractivity contribution in [3.05, 3.63) is 11.1 Å². The molecule has 1 aromatic rings. The van der Waals surface area contributed by atoms with Gasteiger partial charge in [-0.1, -0.05) is 0 Å². The first-order valence-electron chi connectivity index (χ1n) is 5.60. The highest BCUT2D eigenvalue weighted by Gasteiger charge is 2.23. The molecule has 1 aliphatic heterocycles. The summed E-state index contributed by atoms with van der Waals surface area (Å²) in [6.07, 6.45) is 1.87. The van der Waals surface area contributed by atoms with E-state index in [1.54, 1.807) is 11.3 Å². The largest absolute Gasteiger partial charge is 0.346 e. The van der Waals surface area contributed by atoms with Gasteiger partial charge in [-0.3, -0.25) is 0 Å². The molecule has 1 aromatic heterocycles. The number of thiazole rings is 1. The van der Waals surface area contributed by atoms with Crippen LogP contribution in [0, 0.1) is 0 Å². The Balaban J connectivity index is 2.06. The molecular weight excluding hydrogens is 258 g/mol. The molecule has 5 nitrogen and oxygen atoms in total. The Labute approximate surface area is 106 Å². The molecule has 0 aromatic carbocycles. The normalized spacial score (nSPS) is 21.4. The van der Waals surface area contributed by atoms with Crippen LogP contribution in [0.15, 0.2) is 6.20 Å². The maximum atomic E-state index is 11.3. The predicted octanol–water partition coefficient (Wildman–Crippen LogP) is 0.658. The van der Waals surface area contributed by atoms with Gasteiger partial charge in [0.1, 0.15) is 0 Å². The summed E-state index contributed by atoms with van der Waals surface area (Å²) >= 11 is 1.63. The highest BCUT2D eigenvalue weighted by Crippen LogP contribution is 2.27. The van der Waals surface area contributed by atoms with Gasteiger partial charge in [-0.25, -0.2) is 13.4 Å². The highest BCUT2D eigenvalue weighted by atomic mass is 32.2. The van der Waals surface area contributed by atoms with Gasteiger partial charge in [0, 0.05) is 30.2 Å². The fraction of sp³-hybridized carbons (Fsp3) is 0.700. The average molecular weight is 275 g/mol. The summed E-state index contributed by atoms with van der Waals surface area (Å²) in [4.78, 5) is 7.60. The minimum atomic E-state index is -2.82. The fourth-order valence-electron chi connectivity index (χ4n) is 1.67. The molecule has 0 spiro atoms. The zero-order valence-corrected chi connectivity index (χ0v) is 11.6. The van der Waals surface area contributed by atoms with E-state index in [4.69, 9.17) is 0 Å². The number of nitrogens with one attached hydrogen (secondary N) is 1. The van der Waals surface area contributed by atoms with E-state index < -0.39 is 9.84 Å². The van der Waals surface area contributed by atoms with Crippen molar-refractivity contribution in [2.75, 3.05) is 36.5 Å². The van der Waals surface area contributed by atoms with E-state index in [1.165, 1.54) is 4.88 Å².